The van der Waals surface area contributed by atoms with Crippen molar-refractivity contribution in [3.63, 3.8) is 0 Å². The summed E-state index contributed by atoms with van der Waals surface area (Å²) in [5, 5.41) is 3.20. The Kier molecular flexibility index (Phi) is 4.29. The van der Waals surface area contributed by atoms with E-state index in [1.54, 1.807) is 0 Å². The SMILES string of the molecule is Cc1ccc2nc3c(n2c1)CC(C(=O)Nc1ccccc1C(C)(C)C)CC3. The molecule has 1 aromatic carbocycles. The van der Waals surface area contributed by atoms with Gasteiger partial charge in [0.05, 0.1) is 5.69 Å². The molecule has 4 rings (SSSR count). The van der Waals surface area contributed by atoms with Gasteiger partial charge in [-0.25, -0.2) is 4.98 Å². The average Bonchev–Trinajstić information content (AvgIpc) is 2.98. The number of carbonyl (C=O) groups excluding carboxylic acids is 1. The predicted molar refractivity (Wildman–Crippen MR) is 109 cm³/mol. The van der Waals surface area contributed by atoms with E-state index in [-0.39, 0.29) is 17.2 Å². The number of pyridine rings is 1. The van der Waals surface area contributed by atoms with Crippen molar-refractivity contribution in [1.29, 1.82) is 0 Å². The summed E-state index contributed by atoms with van der Waals surface area (Å²) in [5.74, 6) is 0.0888. The molecule has 0 aliphatic heterocycles. The lowest BCUT2D eigenvalue weighted by atomic mass is 9.85. The van der Waals surface area contributed by atoms with Gasteiger partial charge in [0.25, 0.3) is 0 Å². The Balaban J connectivity index is 1.59. The lowest BCUT2D eigenvalue weighted by molar-refractivity contribution is -0.120. The molecule has 3 aromatic rings. The highest BCUT2D eigenvalue weighted by molar-refractivity contribution is 5.93. The van der Waals surface area contributed by atoms with E-state index in [1.165, 1.54) is 16.8 Å². The van der Waals surface area contributed by atoms with Crippen LogP contribution in [0.25, 0.3) is 5.65 Å². The topological polar surface area (TPSA) is 46.4 Å². The summed E-state index contributed by atoms with van der Waals surface area (Å²) in [6, 6.07) is 12.3. The number of anilines is 1. The molecule has 0 bridgehead atoms. The lowest BCUT2D eigenvalue weighted by Crippen LogP contribution is -2.29. The van der Waals surface area contributed by atoms with E-state index in [9.17, 15) is 4.79 Å². The molecule has 1 atom stereocenters. The number of fused-ring (bicyclic) bond motifs is 3. The molecule has 140 valence electrons. The van der Waals surface area contributed by atoms with Gasteiger partial charge in [0, 0.05) is 29.9 Å². The maximum absolute atomic E-state index is 13.0. The van der Waals surface area contributed by atoms with Gasteiger partial charge in [-0.1, -0.05) is 45.0 Å². The van der Waals surface area contributed by atoms with Crippen LogP contribution in [0.1, 0.15) is 49.7 Å². The number of nitrogens with one attached hydrogen (secondary N) is 1. The molecule has 4 heteroatoms. The van der Waals surface area contributed by atoms with Crippen LogP contribution in [0.15, 0.2) is 42.6 Å². The fraction of sp³-hybridized carbons (Fsp3) is 0.391. The largest absolute Gasteiger partial charge is 0.326 e. The molecule has 0 radical (unpaired) electrons. The van der Waals surface area contributed by atoms with Crippen LogP contribution in [0.2, 0.25) is 0 Å². The van der Waals surface area contributed by atoms with Gasteiger partial charge in [-0.2, -0.15) is 0 Å². The van der Waals surface area contributed by atoms with Gasteiger partial charge in [0.15, 0.2) is 0 Å². The van der Waals surface area contributed by atoms with E-state index < -0.39 is 0 Å². The molecule has 4 nitrogen and oxygen atoms in total. The molecule has 0 fully saturated rings. The van der Waals surface area contributed by atoms with E-state index in [0.717, 1.165) is 36.3 Å². The molecule has 2 aromatic heterocycles. The summed E-state index contributed by atoms with van der Waals surface area (Å²) in [7, 11) is 0. The number of nitrogens with zero attached hydrogens (tertiary/aromatic N) is 2. The minimum Gasteiger partial charge on any atom is -0.326 e. The Morgan fingerprint density at radius 1 is 1.19 bits per heavy atom. The molecule has 0 saturated heterocycles. The van der Waals surface area contributed by atoms with Crippen molar-refractivity contribution >= 4 is 17.2 Å². The van der Waals surface area contributed by atoms with Crippen LogP contribution in [-0.4, -0.2) is 15.3 Å². The summed E-state index contributed by atoms with van der Waals surface area (Å²) in [5.41, 5.74) is 6.58. The number of hydrogen-bond donors (Lipinski definition) is 1. The Hall–Kier alpha value is -2.62. The zero-order valence-electron chi connectivity index (χ0n) is 16.5. The summed E-state index contributed by atoms with van der Waals surface area (Å²) in [6.07, 6.45) is 4.56. The van der Waals surface area contributed by atoms with Gasteiger partial charge >= 0.3 is 0 Å². The summed E-state index contributed by atoms with van der Waals surface area (Å²) >= 11 is 0. The lowest BCUT2D eigenvalue weighted by Gasteiger charge is -2.25. The van der Waals surface area contributed by atoms with E-state index in [2.05, 4.69) is 61.8 Å². The van der Waals surface area contributed by atoms with E-state index >= 15 is 0 Å². The van der Waals surface area contributed by atoms with Crippen molar-refractivity contribution in [1.82, 2.24) is 9.38 Å². The number of carbonyl (C=O) groups is 1. The average molecular weight is 361 g/mol. The number of rotatable bonds is 2. The molecule has 1 aliphatic carbocycles. The molecule has 1 unspecified atom stereocenters. The Bertz CT molecular complexity index is 1010. The summed E-state index contributed by atoms with van der Waals surface area (Å²) in [6.45, 7) is 8.60. The third-order valence-corrected chi connectivity index (χ3v) is 5.48. The van der Waals surface area contributed by atoms with Gasteiger partial charge in [0.2, 0.25) is 5.91 Å². The highest BCUT2D eigenvalue weighted by atomic mass is 16.1. The molecule has 1 aliphatic rings. The fourth-order valence-corrected chi connectivity index (χ4v) is 4.02. The quantitative estimate of drug-likeness (QED) is 0.720. The maximum atomic E-state index is 13.0. The molecular formula is C23H27N3O. The molecule has 0 spiro atoms. The van der Waals surface area contributed by atoms with Crippen LogP contribution in [0.3, 0.4) is 0 Å². The van der Waals surface area contributed by atoms with Crippen LogP contribution >= 0.6 is 0 Å². The normalized spacial score (nSPS) is 17.0. The van der Waals surface area contributed by atoms with Crippen molar-refractivity contribution in [2.45, 2.75) is 52.4 Å². The van der Waals surface area contributed by atoms with Gasteiger partial charge in [-0.15, -0.1) is 0 Å². The Morgan fingerprint density at radius 2 is 1.96 bits per heavy atom. The summed E-state index contributed by atoms with van der Waals surface area (Å²) < 4.78 is 2.16. The van der Waals surface area contributed by atoms with Crippen molar-refractivity contribution in [3.8, 4) is 0 Å². The Morgan fingerprint density at radius 3 is 2.74 bits per heavy atom. The third-order valence-electron chi connectivity index (χ3n) is 5.48. The fourth-order valence-electron chi connectivity index (χ4n) is 4.02. The van der Waals surface area contributed by atoms with Gasteiger partial charge in [-0.3, -0.25) is 4.79 Å². The first-order valence-corrected chi connectivity index (χ1v) is 9.70. The molecule has 2 heterocycles. The van der Waals surface area contributed by atoms with Crippen molar-refractivity contribution in [3.05, 3.63) is 65.1 Å². The smallest absolute Gasteiger partial charge is 0.227 e. The molecule has 1 amide bonds. The maximum Gasteiger partial charge on any atom is 0.227 e. The monoisotopic (exact) mass is 361 g/mol. The third kappa shape index (κ3) is 3.36. The number of amides is 1. The summed E-state index contributed by atoms with van der Waals surface area (Å²) in [4.78, 5) is 17.8. The Labute approximate surface area is 160 Å². The molecular weight excluding hydrogens is 334 g/mol. The zero-order valence-corrected chi connectivity index (χ0v) is 16.5. The predicted octanol–water partition coefficient (Wildman–Crippen LogP) is 4.68. The van der Waals surface area contributed by atoms with Crippen LogP contribution in [0, 0.1) is 12.8 Å². The van der Waals surface area contributed by atoms with Crippen LogP contribution in [-0.2, 0) is 23.1 Å². The van der Waals surface area contributed by atoms with E-state index in [0.29, 0.717) is 0 Å². The van der Waals surface area contributed by atoms with Gasteiger partial charge < -0.3 is 9.72 Å². The van der Waals surface area contributed by atoms with Crippen LogP contribution in [0.5, 0.6) is 0 Å². The first-order chi connectivity index (χ1) is 12.8. The second-order valence-electron chi connectivity index (χ2n) is 8.66. The number of hydrogen-bond acceptors (Lipinski definition) is 2. The molecule has 1 N–H and O–H groups in total. The van der Waals surface area contributed by atoms with Crippen LogP contribution < -0.4 is 5.32 Å². The van der Waals surface area contributed by atoms with Gasteiger partial charge in [-0.05, 0) is 48.4 Å². The van der Waals surface area contributed by atoms with Gasteiger partial charge in [0.1, 0.15) is 5.65 Å². The molecule has 27 heavy (non-hydrogen) atoms. The minimum atomic E-state index is -0.0223. The highest BCUT2D eigenvalue weighted by Crippen LogP contribution is 2.31. The second kappa shape index (κ2) is 6.52. The number of para-hydroxylation sites is 1. The van der Waals surface area contributed by atoms with Crippen LogP contribution in [0.4, 0.5) is 5.69 Å². The second-order valence-corrected chi connectivity index (χ2v) is 8.66. The van der Waals surface area contributed by atoms with E-state index in [1.807, 2.05) is 18.2 Å². The van der Waals surface area contributed by atoms with E-state index in [4.69, 9.17) is 4.98 Å². The first-order valence-electron chi connectivity index (χ1n) is 9.70. The zero-order chi connectivity index (χ0) is 19.2. The highest BCUT2D eigenvalue weighted by Gasteiger charge is 2.29. The van der Waals surface area contributed by atoms with Crippen molar-refractivity contribution < 1.29 is 4.79 Å². The number of benzene rings is 1. The van der Waals surface area contributed by atoms with Crippen molar-refractivity contribution in [2.75, 3.05) is 5.32 Å². The number of aryl methyl sites for hydroxylation is 2. The van der Waals surface area contributed by atoms with Crippen molar-refractivity contribution in [2.24, 2.45) is 5.92 Å². The number of imidazole rings is 1. The number of aromatic nitrogens is 2. The first kappa shape index (κ1) is 17.8. The standard InChI is InChI=1S/C23H27N3O/c1-15-9-12-21-24-19-11-10-16(13-20(19)26(21)14-15)22(27)25-18-8-6-5-7-17(18)23(2,3)4/h5-9,12,14,16H,10-11,13H2,1-4H3,(H,25,27). The minimum absolute atomic E-state index is 0.0111. The molecule has 0 saturated carbocycles.